The summed E-state index contributed by atoms with van der Waals surface area (Å²) < 4.78 is 22.1. The molecule has 2 aromatic carbocycles. The number of hydrogen-bond donors (Lipinski definition) is 1. The third-order valence-electron chi connectivity index (χ3n) is 5.32. The summed E-state index contributed by atoms with van der Waals surface area (Å²) in [4.78, 5) is 24.4. The molecule has 164 valence electrons. The maximum atomic E-state index is 13.2. The lowest BCUT2D eigenvalue weighted by molar-refractivity contribution is 0.101. The molecule has 1 fully saturated rings. The highest BCUT2D eigenvalue weighted by molar-refractivity contribution is 6.09. The van der Waals surface area contributed by atoms with E-state index < -0.39 is 5.91 Å². The van der Waals surface area contributed by atoms with Gasteiger partial charge in [0, 0.05) is 42.4 Å². The van der Waals surface area contributed by atoms with E-state index in [0.29, 0.717) is 66.0 Å². The second-order valence-corrected chi connectivity index (χ2v) is 7.30. The van der Waals surface area contributed by atoms with Gasteiger partial charge in [0.25, 0.3) is 5.91 Å². The number of benzene rings is 2. The highest BCUT2D eigenvalue weighted by Gasteiger charge is 2.24. The molecule has 32 heavy (non-hydrogen) atoms. The molecule has 0 aliphatic carbocycles. The van der Waals surface area contributed by atoms with Gasteiger partial charge < -0.3 is 28.8 Å². The van der Waals surface area contributed by atoms with E-state index in [1.165, 1.54) is 0 Å². The van der Waals surface area contributed by atoms with E-state index in [0.717, 1.165) is 5.39 Å². The fourth-order valence-corrected chi connectivity index (χ4v) is 3.73. The van der Waals surface area contributed by atoms with Gasteiger partial charge >= 0.3 is 0 Å². The maximum absolute atomic E-state index is 13.2. The summed E-state index contributed by atoms with van der Waals surface area (Å²) in [6.45, 7) is 2.46. The summed E-state index contributed by atoms with van der Waals surface area (Å²) in [5, 5.41) is 3.68. The lowest BCUT2D eigenvalue weighted by Crippen LogP contribution is -2.37. The number of aromatic nitrogens is 2. The van der Waals surface area contributed by atoms with Crippen LogP contribution in [0.5, 0.6) is 11.5 Å². The molecule has 0 radical (unpaired) electrons. The van der Waals surface area contributed by atoms with Gasteiger partial charge in [-0.2, -0.15) is 0 Å². The van der Waals surface area contributed by atoms with Gasteiger partial charge in [-0.05, 0) is 12.1 Å². The molecule has 0 spiro atoms. The number of anilines is 2. The Morgan fingerprint density at radius 3 is 2.47 bits per heavy atom. The van der Waals surface area contributed by atoms with Crippen LogP contribution < -0.4 is 19.7 Å². The minimum absolute atomic E-state index is 0.0485. The van der Waals surface area contributed by atoms with Crippen molar-refractivity contribution in [3.8, 4) is 11.5 Å². The van der Waals surface area contributed by atoms with Crippen molar-refractivity contribution in [2.75, 3.05) is 50.7 Å². The van der Waals surface area contributed by atoms with Gasteiger partial charge in [-0.15, -0.1) is 0 Å². The number of carbonyl (C=O) groups excluding carboxylic acids is 1. The van der Waals surface area contributed by atoms with Crippen molar-refractivity contribution < 1.29 is 23.4 Å². The van der Waals surface area contributed by atoms with Crippen LogP contribution in [-0.2, 0) is 4.74 Å². The molecule has 1 aliphatic heterocycles. The molecule has 9 nitrogen and oxygen atoms in total. The summed E-state index contributed by atoms with van der Waals surface area (Å²) in [5.41, 5.74) is 2.37. The van der Waals surface area contributed by atoms with E-state index in [9.17, 15) is 4.79 Å². The lowest BCUT2D eigenvalue weighted by Gasteiger charge is -2.27. The van der Waals surface area contributed by atoms with Crippen molar-refractivity contribution in [2.24, 2.45) is 0 Å². The molecule has 1 saturated heterocycles. The number of hydrogen-bond acceptors (Lipinski definition) is 8. The molecule has 2 aromatic heterocycles. The average molecular weight is 434 g/mol. The predicted octanol–water partition coefficient (Wildman–Crippen LogP) is 3.48. The maximum Gasteiger partial charge on any atom is 0.293 e. The third kappa shape index (κ3) is 3.67. The first-order valence-corrected chi connectivity index (χ1v) is 10.2. The topological polar surface area (TPSA) is 99.0 Å². The fourth-order valence-electron chi connectivity index (χ4n) is 3.73. The summed E-state index contributed by atoms with van der Waals surface area (Å²) >= 11 is 0. The highest BCUT2D eigenvalue weighted by Crippen LogP contribution is 2.33. The first kappa shape index (κ1) is 20.1. The van der Waals surface area contributed by atoms with Crippen molar-refractivity contribution in [2.45, 2.75) is 0 Å². The van der Waals surface area contributed by atoms with Crippen LogP contribution in [0.15, 0.2) is 46.9 Å². The summed E-state index contributed by atoms with van der Waals surface area (Å²) in [6.07, 6.45) is 0. The van der Waals surface area contributed by atoms with Crippen molar-refractivity contribution in [1.82, 2.24) is 9.97 Å². The molecule has 1 amide bonds. The Bertz CT molecular complexity index is 1270. The molecule has 1 N–H and O–H groups in total. The molecule has 1 aliphatic rings. The molecule has 3 heterocycles. The van der Waals surface area contributed by atoms with Gasteiger partial charge in [-0.3, -0.25) is 4.79 Å². The van der Waals surface area contributed by atoms with Crippen LogP contribution in [0.4, 0.5) is 11.5 Å². The zero-order chi connectivity index (χ0) is 22.1. The second kappa shape index (κ2) is 8.35. The number of morpholine rings is 1. The van der Waals surface area contributed by atoms with E-state index in [2.05, 4.69) is 20.2 Å². The Kier molecular flexibility index (Phi) is 5.24. The molecule has 5 rings (SSSR count). The Balaban J connectivity index is 1.59. The number of carbonyl (C=O) groups is 1. The molecule has 0 unspecified atom stereocenters. The standard InChI is InChI=1S/C23H22N4O5/c1-29-15-11-14(12-16(13-15)30-2)24-23(28)21-25-19-17-5-3-4-6-18(17)32-20(19)22(26-21)27-7-9-31-10-8-27/h3-6,11-13H,7-10H2,1-2H3,(H,24,28). The van der Waals surface area contributed by atoms with Crippen LogP contribution in [0.25, 0.3) is 22.1 Å². The van der Waals surface area contributed by atoms with Gasteiger partial charge in [0.05, 0.1) is 27.4 Å². The van der Waals surface area contributed by atoms with E-state index in [4.69, 9.17) is 18.6 Å². The van der Waals surface area contributed by atoms with Crippen LogP contribution in [-0.4, -0.2) is 56.4 Å². The SMILES string of the molecule is COc1cc(NC(=O)c2nc(N3CCOCC3)c3oc4ccccc4c3n2)cc(OC)c1. The lowest BCUT2D eigenvalue weighted by atomic mass is 10.2. The number of para-hydroxylation sites is 1. The van der Waals surface area contributed by atoms with Crippen LogP contribution in [0.3, 0.4) is 0 Å². The number of ether oxygens (including phenoxy) is 3. The smallest absolute Gasteiger partial charge is 0.293 e. The Hall–Kier alpha value is -3.85. The predicted molar refractivity (Wildman–Crippen MR) is 120 cm³/mol. The van der Waals surface area contributed by atoms with Gasteiger partial charge in [0.15, 0.2) is 11.4 Å². The van der Waals surface area contributed by atoms with Gasteiger partial charge in [-0.1, -0.05) is 12.1 Å². The normalized spacial score (nSPS) is 14.0. The van der Waals surface area contributed by atoms with Crippen LogP contribution in [0.1, 0.15) is 10.6 Å². The minimum atomic E-state index is -0.443. The highest BCUT2D eigenvalue weighted by atomic mass is 16.5. The Labute approximate surface area is 183 Å². The van der Waals surface area contributed by atoms with Gasteiger partial charge in [0.1, 0.15) is 22.6 Å². The average Bonchev–Trinajstić information content (AvgIpc) is 3.22. The van der Waals surface area contributed by atoms with E-state index in [1.54, 1.807) is 32.4 Å². The first-order valence-electron chi connectivity index (χ1n) is 10.2. The van der Waals surface area contributed by atoms with Gasteiger partial charge in [-0.25, -0.2) is 9.97 Å². The van der Waals surface area contributed by atoms with Crippen LogP contribution >= 0.6 is 0 Å². The quantitative estimate of drug-likeness (QED) is 0.510. The number of rotatable bonds is 5. The van der Waals surface area contributed by atoms with Crippen LogP contribution in [0.2, 0.25) is 0 Å². The molecule has 0 bridgehead atoms. The number of nitrogens with zero attached hydrogens (tertiary/aromatic N) is 3. The van der Waals surface area contributed by atoms with E-state index in [1.807, 2.05) is 24.3 Å². The monoisotopic (exact) mass is 434 g/mol. The number of fused-ring (bicyclic) bond motifs is 3. The zero-order valence-electron chi connectivity index (χ0n) is 17.8. The largest absolute Gasteiger partial charge is 0.497 e. The summed E-state index contributed by atoms with van der Waals surface area (Å²) in [7, 11) is 3.10. The van der Waals surface area contributed by atoms with Crippen LogP contribution in [0, 0.1) is 0 Å². The number of furan rings is 1. The Morgan fingerprint density at radius 1 is 1.03 bits per heavy atom. The second-order valence-electron chi connectivity index (χ2n) is 7.30. The molecule has 0 saturated carbocycles. The number of methoxy groups -OCH3 is 2. The first-order chi connectivity index (χ1) is 15.7. The molecule has 4 aromatic rings. The summed E-state index contributed by atoms with van der Waals surface area (Å²) in [5.74, 6) is 1.31. The molecular formula is C23H22N4O5. The van der Waals surface area contributed by atoms with Crippen molar-refractivity contribution in [1.29, 1.82) is 0 Å². The zero-order valence-corrected chi connectivity index (χ0v) is 17.8. The molecule has 9 heteroatoms. The van der Waals surface area contributed by atoms with Gasteiger partial charge in [0.2, 0.25) is 5.82 Å². The number of nitrogens with one attached hydrogen (secondary N) is 1. The van der Waals surface area contributed by atoms with E-state index >= 15 is 0 Å². The van der Waals surface area contributed by atoms with Crippen molar-refractivity contribution >= 4 is 39.5 Å². The third-order valence-corrected chi connectivity index (χ3v) is 5.32. The van der Waals surface area contributed by atoms with Crippen molar-refractivity contribution in [3.05, 3.63) is 48.3 Å². The van der Waals surface area contributed by atoms with Crippen molar-refractivity contribution in [3.63, 3.8) is 0 Å². The number of amides is 1. The molecule has 0 atom stereocenters. The minimum Gasteiger partial charge on any atom is -0.497 e. The Morgan fingerprint density at radius 2 is 1.75 bits per heavy atom. The summed E-state index contributed by atoms with van der Waals surface area (Å²) in [6, 6.07) is 12.7. The van der Waals surface area contributed by atoms with E-state index in [-0.39, 0.29) is 5.82 Å². The fraction of sp³-hybridized carbons (Fsp3) is 0.261. The molecular weight excluding hydrogens is 412 g/mol.